The predicted molar refractivity (Wildman–Crippen MR) is 62.6 cm³/mol. The zero-order chi connectivity index (χ0) is 12.9. The summed E-state index contributed by atoms with van der Waals surface area (Å²) in [6.45, 7) is 1.88. The average molecular weight is 261 g/mol. The average Bonchev–Trinajstić information content (AvgIpc) is 2.28. The predicted octanol–water partition coefficient (Wildman–Crippen LogP) is 1.18. The van der Waals surface area contributed by atoms with Gasteiger partial charge >= 0.3 is 0 Å². The van der Waals surface area contributed by atoms with Crippen LogP contribution >= 0.6 is 0 Å². The number of unbranched alkanes of at least 4 members (excludes halogenated alkanes) is 1. The minimum absolute atomic E-state index is 0.0285. The summed E-state index contributed by atoms with van der Waals surface area (Å²) >= 11 is 0. The van der Waals surface area contributed by atoms with Crippen molar-refractivity contribution in [2.45, 2.75) is 24.7 Å². The molecule has 0 saturated carbocycles. The first-order valence-corrected chi connectivity index (χ1v) is 6.82. The summed E-state index contributed by atoms with van der Waals surface area (Å²) in [4.78, 5) is -0.0403. The molecule has 0 aliphatic rings. The lowest BCUT2D eigenvalue weighted by molar-refractivity contribution is 0.285. The van der Waals surface area contributed by atoms with Crippen LogP contribution in [0.2, 0.25) is 0 Å². The van der Waals surface area contributed by atoms with Crippen LogP contribution in [0.5, 0.6) is 0 Å². The summed E-state index contributed by atoms with van der Waals surface area (Å²) in [5.41, 5.74) is 0.501. The second-order valence-electron chi connectivity index (χ2n) is 3.74. The molecule has 0 aliphatic carbocycles. The molecule has 0 heterocycles. The maximum absolute atomic E-state index is 13.0. The number of nitrogens with one attached hydrogen (secondary N) is 1. The molecule has 17 heavy (non-hydrogen) atoms. The number of hydrogen-bond donors (Lipinski definition) is 2. The molecule has 0 amide bonds. The molecular formula is C11H16FNO3S. The first-order valence-electron chi connectivity index (χ1n) is 5.34. The molecule has 1 aromatic carbocycles. The fourth-order valence-electron chi connectivity index (χ4n) is 1.38. The molecule has 0 unspecified atom stereocenters. The van der Waals surface area contributed by atoms with Gasteiger partial charge in [-0.1, -0.05) is 6.07 Å². The van der Waals surface area contributed by atoms with E-state index in [0.717, 1.165) is 6.07 Å². The van der Waals surface area contributed by atoms with E-state index in [-0.39, 0.29) is 18.0 Å². The van der Waals surface area contributed by atoms with Crippen molar-refractivity contribution in [1.82, 2.24) is 4.72 Å². The van der Waals surface area contributed by atoms with Crippen molar-refractivity contribution in [3.05, 3.63) is 29.6 Å². The van der Waals surface area contributed by atoms with Crippen molar-refractivity contribution >= 4 is 10.0 Å². The molecule has 0 radical (unpaired) electrons. The second kappa shape index (κ2) is 6.09. The minimum atomic E-state index is -3.67. The summed E-state index contributed by atoms with van der Waals surface area (Å²) in [6.07, 6.45) is 1.08. The summed E-state index contributed by atoms with van der Waals surface area (Å²) in [5, 5.41) is 8.57. The van der Waals surface area contributed by atoms with Crippen molar-refractivity contribution in [3.8, 4) is 0 Å². The lowest BCUT2D eigenvalue weighted by Gasteiger charge is -2.08. The van der Waals surface area contributed by atoms with Gasteiger partial charge in [-0.15, -0.1) is 0 Å². The van der Waals surface area contributed by atoms with Gasteiger partial charge in [-0.2, -0.15) is 0 Å². The van der Waals surface area contributed by atoms with Crippen LogP contribution in [-0.4, -0.2) is 26.7 Å². The number of benzene rings is 1. The number of aryl methyl sites for hydroxylation is 1. The van der Waals surface area contributed by atoms with Gasteiger partial charge in [0, 0.05) is 13.2 Å². The highest BCUT2D eigenvalue weighted by atomic mass is 32.2. The molecule has 6 heteroatoms. The fourth-order valence-corrected chi connectivity index (χ4v) is 2.71. The Morgan fingerprint density at radius 3 is 2.71 bits per heavy atom. The summed E-state index contributed by atoms with van der Waals surface area (Å²) in [6, 6.07) is 3.65. The number of halogens is 1. The molecule has 0 bridgehead atoms. The second-order valence-corrected chi connectivity index (χ2v) is 5.47. The maximum Gasteiger partial charge on any atom is 0.240 e. The van der Waals surface area contributed by atoms with Crippen LogP contribution in [-0.2, 0) is 10.0 Å². The molecule has 1 aromatic rings. The Balaban J connectivity index is 2.79. The van der Waals surface area contributed by atoms with Gasteiger partial charge in [-0.3, -0.25) is 0 Å². The molecule has 2 N–H and O–H groups in total. The highest BCUT2D eigenvalue weighted by Crippen LogP contribution is 2.16. The van der Waals surface area contributed by atoms with E-state index >= 15 is 0 Å². The molecule has 0 aromatic heterocycles. The molecule has 0 fully saturated rings. The van der Waals surface area contributed by atoms with E-state index in [9.17, 15) is 12.8 Å². The Morgan fingerprint density at radius 2 is 2.06 bits per heavy atom. The molecule has 1 rings (SSSR count). The number of aliphatic hydroxyl groups excluding tert-OH is 1. The SMILES string of the molecule is Cc1ccc(F)cc1S(=O)(=O)NCCCCO. The summed E-state index contributed by atoms with van der Waals surface area (Å²) in [5.74, 6) is -0.577. The summed E-state index contributed by atoms with van der Waals surface area (Å²) < 4.78 is 39.0. The van der Waals surface area contributed by atoms with E-state index < -0.39 is 15.8 Å². The standard InChI is InChI=1S/C11H16FNO3S/c1-9-4-5-10(12)8-11(9)17(15,16)13-6-2-3-7-14/h4-5,8,13-14H,2-3,6-7H2,1H3. The lowest BCUT2D eigenvalue weighted by Crippen LogP contribution is -2.25. The third-order valence-corrected chi connectivity index (χ3v) is 3.92. The van der Waals surface area contributed by atoms with Crippen molar-refractivity contribution in [2.24, 2.45) is 0 Å². The van der Waals surface area contributed by atoms with Crippen LogP contribution in [0.4, 0.5) is 4.39 Å². The highest BCUT2D eigenvalue weighted by molar-refractivity contribution is 7.89. The van der Waals surface area contributed by atoms with Crippen LogP contribution in [0.15, 0.2) is 23.1 Å². The molecule has 0 saturated heterocycles. The Labute approximate surface area is 101 Å². The van der Waals surface area contributed by atoms with E-state index in [0.29, 0.717) is 18.4 Å². The van der Waals surface area contributed by atoms with E-state index in [1.807, 2.05) is 0 Å². The normalized spacial score (nSPS) is 11.7. The molecule has 0 aliphatic heterocycles. The molecule has 0 spiro atoms. The maximum atomic E-state index is 13.0. The van der Waals surface area contributed by atoms with Gasteiger partial charge < -0.3 is 5.11 Å². The van der Waals surface area contributed by atoms with Crippen molar-refractivity contribution in [3.63, 3.8) is 0 Å². The quantitative estimate of drug-likeness (QED) is 0.756. The number of aliphatic hydroxyl groups is 1. The Kier molecular flexibility index (Phi) is 5.04. The topological polar surface area (TPSA) is 66.4 Å². The van der Waals surface area contributed by atoms with Gasteiger partial charge in [0.15, 0.2) is 0 Å². The Morgan fingerprint density at radius 1 is 1.35 bits per heavy atom. The van der Waals surface area contributed by atoms with E-state index in [2.05, 4.69) is 4.72 Å². The van der Waals surface area contributed by atoms with Crippen LogP contribution in [0.3, 0.4) is 0 Å². The van der Waals surface area contributed by atoms with Crippen LogP contribution < -0.4 is 4.72 Å². The fraction of sp³-hybridized carbons (Fsp3) is 0.455. The third-order valence-electron chi connectivity index (χ3n) is 2.32. The molecule has 4 nitrogen and oxygen atoms in total. The van der Waals surface area contributed by atoms with Gasteiger partial charge in [0.2, 0.25) is 10.0 Å². The van der Waals surface area contributed by atoms with Crippen molar-refractivity contribution < 1.29 is 17.9 Å². The number of sulfonamides is 1. The smallest absolute Gasteiger partial charge is 0.240 e. The molecular weight excluding hydrogens is 245 g/mol. The van der Waals surface area contributed by atoms with Gasteiger partial charge in [0.05, 0.1) is 4.90 Å². The Hall–Kier alpha value is -0.980. The summed E-state index contributed by atoms with van der Waals surface area (Å²) in [7, 11) is -3.67. The van der Waals surface area contributed by atoms with E-state index in [1.165, 1.54) is 12.1 Å². The van der Waals surface area contributed by atoms with Crippen LogP contribution in [0.1, 0.15) is 18.4 Å². The van der Waals surface area contributed by atoms with Crippen molar-refractivity contribution in [2.75, 3.05) is 13.2 Å². The van der Waals surface area contributed by atoms with E-state index in [1.54, 1.807) is 6.92 Å². The van der Waals surface area contributed by atoms with Gasteiger partial charge in [-0.05, 0) is 37.5 Å². The molecule has 0 atom stereocenters. The first kappa shape index (κ1) is 14.1. The zero-order valence-corrected chi connectivity index (χ0v) is 10.4. The van der Waals surface area contributed by atoms with Gasteiger partial charge in [0.25, 0.3) is 0 Å². The zero-order valence-electron chi connectivity index (χ0n) is 9.61. The third kappa shape index (κ3) is 4.07. The first-order chi connectivity index (χ1) is 7.97. The van der Waals surface area contributed by atoms with E-state index in [4.69, 9.17) is 5.11 Å². The minimum Gasteiger partial charge on any atom is -0.396 e. The highest BCUT2D eigenvalue weighted by Gasteiger charge is 2.16. The van der Waals surface area contributed by atoms with Crippen LogP contribution in [0, 0.1) is 12.7 Å². The number of hydrogen-bond acceptors (Lipinski definition) is 3. The van der Waals surface area contributed by atoms with Gasteiger partial charge in [0.1, 0.15) is 5.82 Å². The molecule has 96 valence electrons. The lowest BCUT2D eigenvalue weighted by atomic mass is 10.2. The number of rotatable bonds is 6. The van der Waals surface area contributed by atoms with Gasteiger partial charge in [-0.25, -0.2) is 17.5 Å². The van der Waals surface area contributed by atoms with Crippen LogP contribution in [0.25, 0.3) is 0 Å². The Bertz CT molecular complexity index is 474. The largest absolute Gasteiger partial charge is 0.396 e. The van der Waals surface area contributed by atoms with Crippen molar-refractivity contribution in [1.29, 1.82) is 0 Å². The monoisotopic (exact) mass is 261 g/mol.